The number of hydrogen-bond acceptors (Lipinski definition) is 8. The van der Waals surface area contributed by atoms with Crippen LogP contribution in [-0.2, 0) is 6.54 Å². The van der Waals surface area contributed by atoms with Gasteiger partial charge in [0.25, 0.3) is 11.8 Å². The van der Waals surface area contributed by atoms with Crippen LogP contribution in [0.3, 0.4) is 0 Å². The van der Waals surface area contributed by atoms with Gasteiger partial charge in [0.2, 0.25) is 0 Å². The number of halogens is 2. The molecule has 2 N–H and O–H groups in total. The van der Waals surface area contributed by atoms with Crippen LogP contribution >= 0.6 is 23.2 Å². The van der Waals surface area contributed by atoms with E-state index in [9.17, 15) is 0 Å². The van der Waals surface area contributed by atoms with E-state index >= 15 is 0 Å². The third-order valence-electron chi connectivity index (χ3n) is 4.21. The quantitative estimate of drug-likeness (QED) is 0.512. The minimum Gasteiger partial charge on any atom is -0.477 e. The number of methoxy groups -OCH3 is 2. The summed E-state index contributed by atoms with van der Waals surface area (Å²) in [6, 6.07) is 5.25. The van der Waals surface area contributed by atoms with E-state index in [-0.39, 0.29) is 28.3 Å². The van der Waals surface area contributed by atoms with Crippen molar-refractivity contribution in [2.45, 2.75) is 6.54 Å². The Labute approximate surface area is 175 Å². The monoisotopic (exact) mass is 431 g/mol. The number of benzene rings is 1. The second kappa shape index (κ2) is 7.78. The molecule has 1 aromatic carbocycles. The van der Waals surface area contributed by atoms with Crippen LogP contribution in [0, 0.1) is 0 Å². The molecule has 0 radical (unpaired) electrons. The van der Waals surface area contributed by atoms with E-state index in [1.807, 2.05) is 6.07 Å². The molecule has 0 bridgehead atoms. The van der Waals surface area contributed by atoms with E-state index in [1.54, 1.807) is 29.1 Å². The summed E-state index contributed by atoms with van der Waals surface area (Å²) in [6.45, 7) is 0.109. The number of pyridine rings is 1. The Morgan fingerprint density at radius 2 is 1.86 bits per heavy atom. The van der Waals surface area contributed by atoms with Crippen LogP contribution in [-0.4, -0.2) is 43.9 Å². The lowest BCUT2D eigenvalue weighted by molar-refractivity contribution is 0.334. The lowest BCUT2D eigenvalue weighted by Gasteiger charge is -2.16. The van der Waals surface area contributed by atoms with Gasteiger partial charge in [-0.2, -0.15) is 0 Å². The zero-order valence-corrected chi connectivity index (χ0v) is 16.9. The molecule has 4 rings (SSSR count). The topological polar surface area (TPSA) is 114 Å². The van der Waals surface area contributed by atoms with Gasteiger partial charge in [-0.3, -0.25) is 9.55 Å². The smallest absolute Gasteiger partial charge is 0.278 e. The summed E-state index contributed by atoms with van der Waals surface area (Å²) in [5.74, 6) is 1.37. The van der Waals surface area contributed by atoms with Crippen LogP contribution in [0.15, 0.2) is 30.6 Å². The highest BCUT2D eigenvalue weighted by molar-refractivity contribution is 6.44. The molecule has 0 fully saturated rings. The third-order valence-corrected chi connectivity index (χ3v) is 4.99. The number of rotatable bonds is 5. The van der Waals surface area contributed by atoms with Crippen LogP contribution in [0.5, 0.6) is 11.8 Å². The molecule has 0 unspecified atom stereocenters. The van der Waals surface area contributed by atoms with Gasteiger partial charge >= 0.3 is 0 Å². The Morgan fingerprint density at radius 1 is 1.10 bits per heavy atom. The molecule has 0 aliphatic carbocycles. The van der Waals surface area contributed by atoms with Crippen molar-refractivity contribution in [3.05, 3.63) is 46.5 Å². The highest BCUT2D eigenvalue weighted by Crippen LogP contribution is 2.39. The van der Waals surface area contributed by atoms with Gasteiger partial charge in [0, 0.05) is 18.0 Å². The number of aromatic nitrogens is 6. The molecular formula is C18H15Cl2N7O2. The van der Waals surface area contributed by atoms with Crippen molar-refractivity contribution < 1.29 is 9.47 Å². The van der Waals surface area contributed by atoms with E-state index in [1.165, 1.54) is 14.2 Å². The summed E-state index contributed by atoms with van der Waals surface area (Å²) in [6.07, 6.45) is 3.33. The summed E-state index contributed by atoms with van der Waals surface area (Å²) >= 11 is 13.0. The standard InChI is InChI=1S/C18H15Cl2N7O2/c1-28-17-18(29-2)24-14-11(23-17)6-10(19)13(20)15(14)27-12(7-21)25-26-16(27)9-4-3-5-22-8-9/h3-6,8H,7,21H2,1-2H3. The van der Waals surface area contributed by atoms with Crippen LogP contribution in [0.1, 0.15) is 5.82 Å². The largest absolute Gasteiger partial charge is 0.477 e. The average molecular weight is 432 g/mol. The van der Waals surface area contributed by atoms with Crippen molar-refractivity contribution >= 4 is 34.2 Å². The zero-order chi connectivity index (χ0) is 20.5. The summed E-state index contributed by atoms with van der Waals surface area (Å²) in [7, 11) is 2.95. The van der Waals surface area contributed by atoms with Gasteiger partial charge in [0.1, 0.15) is 5.52 Å². The Hall–Kier alpha value is -3.01. The Bertz CT molecular complexity index is 1200. The maximum absolute atomic E-state index is 6.62. The first-order valence-electron chi connectivity index (χ1n) is 8.41. The molecular weight excluding hydrogens is 417 g/mol. The van der Waals surface area contributed by atoms with Crippen LogP contribution < -0.4 is 15.2 Å². The Kier molecular flexibility index (Phi) is 5.18. The molecule has 0 aliphatic rings. The fraction of sp³-hybridized carbons (Fsp3) is 0.167. The van der Waals surface area contributed by atoms with Crippen LogP contribution in [0.25, 0.3) is 28.1 Å². The maximum Gasteiger partial charge on any atom is 0.278 e. The predicted octanol–water partition coefficient (Wildman–Crippen LogP) is 3.06. The SMILES string of the molecule is COc1nc2cc(Cl)c(Cl)c(-n3c(CN)nnc3-c3cccnc3)c2nc1OC. The van der Waals surface area contributed by atoms with Gasteiger partial charge in [-0.1, -0.05) is 23.2 Å². The van der Waals surface area contributed by atoms with Crippen LogP contribution in [0.2, 0.25) is 10.0 Å². The van der Waals surface area contributed by atoms with Crippen molar-refractivity contribution in [3.8, 4) is 28.8 Å². The molecule has 3 aromatic heterocycles. The van der Waals surface area contributed by atoms with Crippen molar-refractivity contribution in [1.29, 1.82) is 0 Å². The van der Waals surface area contributed by atoms with Gasteiger partial charge < -0.3 is 15.2 Å². The molecule has 0 saturated heterocycles. The first kappa shape index (κ1) is 19.3. The number of ether oxygens (including phenoxy) is 2. The highest BCUT2D eigenvalue weighted by atomic mass is 35.5. The van der Waals surface area contributed by atoms with Crippen molar-refractivity contribution in [1.82, 2.24) is 29.7 Å². The fourth-order valence-electron chi connectivity index (χ4n) is 2.93. The predicted molar refractivity (Wildman–Crippen MR) is 109 cm³/mol. The maximum atomic E-state index is 6.62. The summed E-state index contributed by atoms with van der Waals surface area (Å²) in [4.78, 5) is 13.1. The second-order valence-corrected chi connectivity index (χ2v) is 6.64. The summed E-state index contributed by atoms with van der Waals surface area (Å²) in [5, 5.41) is 9.00. The molecule has 0 saturated carbocycles. The molecule has 0 spiro atoms. The molecule has 9 nitrogen and oxygen atoms in total. The van der Waals surface area contributed by atoms with Crippen molar-refractivity contribution in [3.63, 3.8) is 0 Å². The number of nitrogens with zero attached hydrogens (tertiary/aromatic N) is 6. The van der Waals surface area contributed by atoms with Crippen LogP contribution in [0.4, 0.5) is 0 Å². The van der Waals surface area contributed by atoms with Crippen molar-refractivity contribution in [2.75, 3.05) is 14.2 Å². The molecule has 4 aromatic rings. The minimum atomic E-state index is 0.109. The fourth-order valence-corrected chi connectivity index (χ4v) is 3.35. The normalized spacial score (nSPS) is 11.1. The van der Waals surface area contributed by atoms with E-state index in [0.717, 1.165) is 5.56 Å². The summed E-state index contributed by atoms with van der Waals surface area (Å²) in [5.41, 5.74) is 7.96. The average Bonchev–Trinajstić information content (AvgIpc) is 3.18. The van der Waals surface area contributed by atoms with Gasteiger partial charge in [-0.25, -0.2) is 9.97 Å². The lowest BCUT2D eigenvalue weighted by Crippen LogP contribution is -2.10. The third kappa shape index (κ3) is 3.23. The van der Waals surface area contributed by atoms with Gasteiger partial charge in [0.05, 0.1) is 42.0 Å². The minimum absolute atomic E-state index is 0.109. The first-order valence-corrected chi connectivity index (χ1v) is 9.17. The molecule has 3 heterocycles. The zero-order valence-electron chi connectivity index (χ0n) is 15.4. The number of hydrogen-bond donors (Lipinski definition) is 1. The van der Waals surface area contributed by atoms with E-state index in [2.05, 4.69) is 25.1 Å². The van der Waals surface area contributed by atoms with E-state index in [0.29, 0.717) is 28.4 Å². The van der Waals surface area contributed by atoms with Gasteiger partial charge in [-0.15, -0.1) is 10.2 Å². The van der Waals surface area contributed by atoms with Crippen molar-refractivity contribution in [2.24, 2.45) is 5.73 Å². The first-order chi connectivity index (χ1) is 14.1. The lowest BCUT2D eigenvalue weighted by atomic mass is 10.2. The van der Waals surface area contributed by atoms with E-state index < -0.39 is 0 Å². The number of fused-ring (bicyclic) bond motifs is 1. The van der Waals surface area contributed by atoms with Gasteiger partial charge in [0.15, 0.2) is 11.6 Å². The Balaban J connectivity index is 2.12. The molecule has 11 heteroatoms. The Morgan fingerprint density at radius 3 is 2.52 bits per heavy atom. The van der Waals surface area contributed by atoms with E-state index in [4.69, 9.17) is 38.4 Å². The molecule has 148 valence electrons. The summed E-state index contributed by atoms with van der Waals surface area (Å²) < 4.78 is 12.3. The highest BCUT2D eigenvalue weighted by Gasteiger charge is 2.24. The molecule has 0 aliphatic heterocycles. The van der Waals surface area contributed by atoms with Gasteiger partial charge in [-0.05, 0) is 18.2 Å². The molecule has 0 atom stereocenters. The number of nitrogens with two attached hydrogens (primary N) is 1. The second-order valence-electron chi connectivity index (χ2n) is 5.85. The molecule has 0 amide bonds. The molecule has 29 heavy (non-hydrogen) atoms.